The molecule has 456 valence electrons. The van der Waals surface area contributed by atoms with Crippen molar-refractivity contribution in [1.29, 1.82) is 0 Å². The molecule has 0 bridgehead atoms. The Bertz CT molecular complexity index is 2490. The Morgan fingerprint density at radius 3 is 1.65 bits per heavy atom. The number of aliphatic hydroxyl groups is 8. The maximum atomic E-state index is 15.3. The average Bonchev–Trinajstić information content (AvgIpc) is 3.51. The number of ketones is 2. The molecule has 2 aromatic carbocycles. The number of esters is 1. The van der Waals surface area contributed by atoms with Crippen molar-refractivity contribution < 1.29 is 122 Å². The van der Waals surface area contributed by atoms with Crippen LogP contribution in [0.1, 0.15) is 128 Å². The van der Waals surface area contributed by atoms with Gasteiger partial charge in [0.2, 0.25) is 6.29 Å². The number of carbonyl (C=O) groups excluding carboxylic acids is 3. The first kappa shape index (κ1) is 63.2. The summed E-state index contributed by atoms with van der Waals surface area (Å²) >= 11 is 0. The smallest absolute Gasteiger partial charge is 0.303 e. The van der Waals surface area contributed by atoms with Crippen molar-refractivity contribution >= 4 is 28.3 Å². The fourth-order valence-electron chi connectivity index (χ4n) is 12.0. The minimum atomic E-state index is -1.96. The van der Waals surface area contributed by atoms with Crippen LogP contribution in [0.3, 0.4) is 0 Å². The third kappa shape index (κ3) is 13.5. The van der Waals surface area contributed by atoms with E-state index in [-0.39, 0.29) is 71.7 Å². The number of phenols is 2. The quantitative estimate of drug-likeness (QED) is 0.0936. The molecule has 25 nitrogen and oxygen atoms in total. The molecule has 5 heterocycles. The molecule has 5 aliphatic heterocycles. The maximum Gasteiger partial charge on any atom is 0.303 e. The molecule has 81 heavy (non-hydrogen) atoms. The predicted octanol–water partition coefficient (Wildman–Crippen LogP) is 1.14. The van der Waals surface area contributed by atoms with Crippen LogP contribution in [0.4, 0.5) is 0 Å². The molecular weight excluding hydrogens is 1070 g/mol. The Hall–Kier alpha value is -3.81. The molecule has 1 aliphatic carbocycles. The zero-order chi connectivity index (χ0) is 59.2. The average molecular weight is 1160 g/mol. The van der Waals surface area contributed by atoms with E-state index in [1.54, 1.807) is 39.8 Å². The van der Waals surface area contributed by atoms with Crippen LogP contribution in [0.5, 0.6) is 17.2 Å². The molecule has 6 aliphatic rings. The minimum Gasteiger partial charge on any atom is -0.507 e. The Morgan fingerprint density at radius 1 is 0.654 bits per heavy atom. The van der Waals surface area contributed by atoms with E-state index >= 15 is 4.79 Å². The number of hydrogen-bond donors (Lipinski definition) is 10. The van der Waals surface area contributed by atoms with E-state index in [4.69, 9.17) is 56.8 Å². The summed E-state index contributed by atoms with van der Waals surface area (Å²) < 4.78 is 73.2. The summed E-state index contributed by atoms with van der Waals surface area (Å²) in [6.45, 7) is 14.1. The van der Waals surface area contributed by atoms with Crippen LogP contribution >= 0.6 is 0 Å². The van der Waals surface area contributed by atoms with Gasteiger partial charge in [0.05, 0.1) is 72.0 Å². The van der Waals surface area contributed by atoms with Crippen molar-refractivity contribution in [2.75, 3.05) is 7.11 Å². The Labute approximate surface area is 469 Å². The largest absolute Gasteiger partial charge is 0.507 e. The summed E-state index contributed by atoms with van der Waals surface area (Å²) in [5.74, 6) is -5.04. The molecule has 10 N–H and O–H groups in total. The number of benzene rings is 2. The number of methoxy groups -OCH3 is 1. The topological polar surface area (TPSA) is 364 Å². The summed E-state index contributed by atoms with van der Waals surface area (Å²) in [5.41, 5.74) is 0.185. The molecule has 25 heteroatoms. The van der Waals surface area contributed by atoms with Gasteiger partial charge in [-0.2, -0.15) is 0 Å². The SMILES string of the molecule is CC[C@H](C)c1c(O[C@H]2C[C@@H](O[C@H]3C[C@@H](O)[C@H](O)[C@@H](C)O3)[C@H](O)[C@@H](C)O2)cc2cc3c(c(O)c2c1O)C(=O)[C@@H](O[C@H]1C[C@@H](O[C@H]2C[C@@H](O[C@H]4C[C@@H](O)[C@H](O)[C@@H](C)O4)[C@@H](OC(C)=O)[C@@H](C)O2)[C@H](O)[C@@H](C)O1)[C@H]([C@H](OC)C(=O)[C@H](O)[C@H](C)O)C3. The van der Waals surface area contributed by atoms with Crippen molar-refractivity contribution in [2.45, 2.75) is 261 Å². The van der Waals surface area contributed by atoms with Gasteiger partial charge in [0.15, 0.2) is 42.8 Å². The van der Waals surface area contributed by atoms with Gasteiger partial charge in [-0.05, 0) is 83.4 Å². The summed E-state index contributed by atoms with van der Waals surface area (Å²) in [5, 5.41) is 110. The summed E-state index contributed by atoms with van der Waals surface area (Å²) in [6, 6.07) is 3.11. The third-order valence-corrected chi connectivity index (χ3v) is 16.7. The zero-order valence-corrected chi connectivity index (χ0v) is 47.2. The number of aromatic hydroxyl groups is 2. The highest BCUT2D eigenvalue weighted by molar-refractivity contribution is 6.11. The van der Waals surface area contributed by atoms with Crippen molar-refractivity contribution in [3.8, 4) is 17.2 Å². The number of fused-ring (bicyclic) bond motifs is 2. The Morgan fingerprint density at radius 2 is 1.14 bits per heavy atom. The van der Waals surface area contributed by atoms with Crippen molar-refractivity contribution in [3.63, 3.8) is 0 Å². The van der Waals surface area contributed by atoms with E-state index in [0.717, 1.165) is 0 Å². The highest BCUT2D eigenvalue weighted by Crippen LogP contribution is 2.50. The first-order valence-corrected chi connectivity index (χ1v) is 28.0. The number of rotatable bonds is 18. The molecule has 5 fully saturated rings. The lowest BCUT2D eigenvalue weighted by Gasteiger charge is -2.45. The van der Waals surface area contributed by atoms with E-state index in [9.17, 15) is 60.7 Å². The third-order valence-electron chi connectivity index (χ3n) is 16.7. The molecular formula is C56H82O25. The Balaban J connectivity index is 1.09. The summed E-state index contributed by atoms with van der Waals surface area (Å²) in [4.78, 5) is 41.5. The maximum absolute atomic E-state index is 15.3. The summed E-state index contributed by atoms with van der Waals surface area (Å²) in [6.07, 6.45) is -27.8. The number of Topliss-reactive ketones (excluding diaryl/α,β-unsaturated/α-hetero) is 2. The molecule has 0 aromatic heterocycles. The highest BCUT2D eigenvalue weighted by Gasteiger charge is 2.51. The molecule has 2 aromatic rings. The first-order chi connectivity index (χ1) is 38.2. The van der Waals surface area contributed by atoms with Gasteiger partial charge in [0, 0.05) is 57.6 Å². The van der Waals surface area contributed by atoms with Gasteiger partial charge in [-0.25, -0.2) is 0 Å². The molecule has 0 amide bonds. The Kier molecular flexibility index (Phi) is 20.5. The number of carbonyl (C=O) groups is 3. The molecule has 0 spiro atoms. The molecule has 0 radical (unpaired) electrons. The van der Waals surface area contributed by atoms with Crippen LogP contribution in [-0.2, 0) is 68.1 Å². The van der Waals surface area contributed by atoms with Gasteiger partial charge in [0.25, 0.3) is 0 Å². The fraction of sp³-hybridized carbons (Fsp3) is 0.768. The van der Waals surface area contributed by atoms with Crippen molar-refractivity contribution in [1.82, 2.24) is 0 Å². The molecule has 26 atom stereocenters. The van der Waals surface area contributed by atoms with Crippen molar-refractivity contribution in [2.24, 2.45) is 5.92 Å². The van der Waals surface area contributed by atoms with E-state index < -0.39 is 188 Å². The number of phenolic OH excluding ortho intramolecular Hbond substituents is 2. The molecule has 0 saturated carbocycles. The number of ether oxygens (including phenoxy) is 12. The normalized spacial score (nSPS) is 40.0. The van der Waals surface area contributed by atoms with E-state index in [2.05, 4.69) is 0 Å². The first-order valence-electron chi connectivity index (χ1n) is 28.0. The molecule has 8 rings (SSSR count). The fourth-order valence-corrected chi connectivity index (χ4v) is 12.0. The second-order valence-corrected chi connectivity index (χ2v) is 22.7. The second kappa shape index (κ2) is 26.2. The van der Waals surface area contributed by atoms with Gasteiger partial charge in [-0.1, -0.05) is 13.8 Å². The van der Waals surface area contributed by atoms with Crippen LogP contribution < -0.4 is 4.74 Å². The summed E-state index contributed by atoms with van der Waals surface area (Å²) in [7, 11) is 1.18. The van der Waals surface area contributed by atoms with E-state index in [0.29, 0.717) is 6.42 Å². The van der Waals surface area contributed by atoms with Crippen molar-refractivity contribution in [3.05, 3.63) is 28.8 Å². The number of aliphatic hydroxyl groups excluding tert-OH is 8. The van der Waals surface area contributed by atoms with Gasteiger partial charge in [-0.15, -0.1) is 0 Å². The highest BCUT2D eigenvalue weighted by atomic mass is 16.7. The molecule has 5 saturated heterocycles. The van der Waals surface area contributed by atoms with Gasteiger partial charge >= 0.3 is 5.97 Å². The lowest BCUT2D eigenvalue weighted by molar-refractivity contribution is -0.330. The standard InChI is InChI=1S/C56H82O25/c1-11-20(2)42-33(77-39-17-34(48(64)24(6)73-39)78-37-15-31(59)46(62)22(4)71-37)14-29-12-28-13-30(55(70-10)53(69)45(61)21(3)57)56(52(68)44(28)51(67)43(29)50(42)66)81-41-18-35(49(65)25(7)74-41)79-40-19-36(54(26(8)75-40)76-27(9)58)80-38-16-32(60)47(63)23(5)72-38/h12,14,20-26,30-32,34-41,45-49,54-57,59-67H,11,13,15-19H2,1-10H3/t20-,21-,22+,23+,24+,25+,26+,30-,31+,32+,34+,35+,36+,37-,38-,39-,40-,41-,45+,46+,47+,48+,49+,54-,55-,56-/m0/s1. The van der Waals surface area contributed by atoms with Gasteiger partial charge in [0.1, 0.15) is 66.1 Å². The van der Waals surface area contributed by atoms with Crippen LogP contribution in [0.15, 0.2) is 12.1 Å². The van der Waals surface area contributed by atoms with E-state index in [1.807, 2.05) is 13.8 Å². The van der Waals surface area contributed by atoms with Crippen LogP contribution in [-0.4, -0.2) is 223 Å². The second-order valence-electron chi connectivity index (χ2n) is 22.7. The van der Waals surface area contributed by atoms with Crippen LogP contribution in [0, 0.1) is 5.92 Å². The van der Waals surface area contributed by atoms with Gasteiger partial charge in [-0.3, -0.25) is 14.4 Å². The van der Waals surface area contributed by atoms with Crippen LogP contribution in [0.2, 0.25) is 0 Å². The zero-order valence-electron chi connectivity index (χ0n) is 47.2. The molecule has 0 unspecified atom stereocenters. The predicted molar refractivity (Wildman–Crippen MR) is 277 cm³/mol. The van der Waals surface area contributed by atoms with E-state index in [1.165, 1.54) is 27.9 Å². The lowest BCUT2D eigenvalue weighted by Crippen LogP contribution is -2.57. The monoisotopic (exact) mass is 1150 g/mol. The number of hydrogen-bond acceptors (Lipinski definition) is 25. The lowest BCUT2D eigenvalue weighted by atomic mass is 9.74. The van der Waals surface area contributed by atoms with Crippen LogP contribution in [0.25, 0.3) is 10.8 Å². The minimum absolute atomic E-state index is 0.0413. The van der Waals surface area contributed by atoms with Gasteiger partial charge < -0.3 is 108 Å².